The molecule has 6 heteroatoms. The van der Waals surface area contributed by atoms with Gasteiger partial charge in [0, 0.05) is 25.0 Å². The number of hydrogen-bond acceptors (Lipinski definition) is 3. The molecule has 1 fully saturated rings. The molecule has 0 spiro atoms. The van der Waals surface area contributed by atoms with E-state index < -0.39 is 0 Å². The van der Waals surface area contributed by atoms with Gasteiger partial charge in [-0.15, -0.1) is 24.8 Å². The minimum absolute atomic E-state index is 0. The molecular formula is C15H33Cl2N3O. The first-order chi connectivity index (χ1) is 9.15. The van der Waals surface area contributed by atoms with E-state index in [0.717, 1.165) is 25.6 Å². The van der Waals surface area contributed by atoms with Crippen molar-refractivity contribution in [2.75, 3.05) is 33.2 Å². The summed E-state index contributed by atoms with van der Waals surface area (Å²) in [4.78, 5) is 14.3. The molecule has 0 aromatic heterocycles. The molecule has 1 rings (SSSR count). The van der Waals surface area contributed by atoms with Gasteiger partial charge in [0.15, 0.2) is 0 Å². The van der Waals surface area contributed by atoms with E-state index in [1.807, 2.05) is 14.0 Å². The van der Waals surface area contributed by atoms with Crippen LogP contribution < -0.4 is 10.6 Å². The van der Waals surface area contributed by atoms with Crippen molar-refractivity contribution < 1.29 is 4.79 Å². The van der Waals surface area contributed by atoms with Crippen LogP contribution in [-0.4, -0.2) is 50.1 Å². The monoisotopic (exact) mass is 341 g/mol. The van der Waals surface area contributed by atoms with Gasteiger partial charge in [-0.3, -0.25) is 4.79 Å². The van der Waals surface area contributed by atoms with Gasteiger partial charge < -0.3 is 15.5 Å². The fraction of sp³-hybridized carbons (Fsp3) is 0.933. The van der Waals surface area contributed by atoms with Gasteiger partial charge in [0.2, 0.25) is 5.91 Å². The average Bonchev–Trinajstić information content (AvgIpc) is 2.40. The van der Waals surface area contributed by atoms with Crippen LogP contribution in [0.2, 0.25) is 0 Å². The summed E-state index contributed by atoms with van der Waals surface area (Å²) in [5, 5.41) is 6.05. The molecule has 0 aromatic carbocycles. The number of carbonyl (C=O) groups excluding carboxylic acids is 1. The molecular weight excluding hydrogens is 309 g/mol. The molecule has 1 aliphatic heterocycles. The number of halogens is 2. The van der Waals surface area contributed by atoms with E-state index in [-0.39, 0.29) is 36.6 Å². The Morgan fingerprint density at radius 3 is 2.62 bits per heavy atom. The molecule has 2 unspecified atom stereocenters. The van der Waals surface area contributed by atoms with E-state index >= 15 is 0 Å². The molecule has 0 aromatic rings. The smallest absolute Gasteiger partial charge is 0.224 e. The third-order valence-corrected chi connectivity index (χ3v) is 4.07. The summed E-state index contributed by atoms with van der Waals surface area (Å²) in [6, 6.07) is 0.749. The highest BCUT2D eigenvalue weighted by atomic mass is 35.5. The quantitative estimate of drug-likeness (QED) is 0.666. The zero-order chi connectivity index (χ0) is 14.1. The van der Waals surface area contributed by atoms with Crippen LogP contribution in [0, 0.1) is 5.92 Å². The molecule has 0 saturated carbocycles. The lowest BCUT2D eigenvalue weighted by Crippen LogP contribution is -2.38. The van der Waals surface area contributed by atoms with Crippen LogP contribution in [0.25, 0.3) is 0 Å². The second kappa shape index (κ2) is 13.6. The Morgan fingerprint density at radius 2 is 2.00 bits per heavy atom. The third kappa shape index (κ3) is 9.56. The molecule has 2 N–H and O–H groups in total. The maximum absolute atomic E-state index is 11.7. The van der Waals surface area contributed by atoms with Crippen LogP contribution >= 0.6 is 24.8 Å². The SMILES string of the molecule is CNCC(C)C(=O)NCCCCN1CCCCC1C.Cl.Cl. The molecule has 4 nitrogen and oxygen atoms in total. The highest BCUT2D eigenvalue weighted by Gasteiger charge is 2.17. The van der Waals surface area contributed by atoms with Crippen molar-refractivity contribution in [1.82, 2.24) is 15.5 Å². The number of rotatable bonds is 8. The predicted molar refractivity (Wildman–Crippen MR) is 94.7 cm³/mol. The Balaban J connectivity index is 0. The van der Waals surface area contributed by atoms with Crippen LogP contribution in [0.3, 0.4) is 0 Å². The summed E-state index contributed by atoms with van der Waals surface area (Å²) in [6.07, 6.45) is 6.35. The number of amides is 1. The Hall–Kier alpha value is -0.0300. The number of hydrogen-bond donors (Lipinski definition) is 2. The number of nitrogens with zero attached hydrogens (tertiary/aromatic N) is 1. The van der Waals surface area contributed by atoms with Gasteiger partial charge >= 0.3 is 0 Å². The van der Waals surface area contributed by atoms with Crippen molar-refractivity contribution in [2.45, 2.75) is 52.0 Å². The number of likely N-dealkylation sites (tertiary alicyclic amines) is 1. The van der Waals surface area contributed by atoms with Crippen LogP contribution in [-0.2, 0) is 4.79 Å². The molecule has 1 amide bonds. The van der Waals surface area contributed by atoms with E-state index in [0.29, 0.717) is 0 Å². The molecule has 2 atom stereocenters. The topological polar surface area (TPSA) is 44.4 Å². The second-order valence-electron chi connectivity index (χ2n) is 5.84. The minimum Gasteiger partial charge on any atom is -0.356 e. The first kappa shape index (κ1) is 23.2. The summed E-state index contributed by atoms with van der Waals surface area (Å²) in [7, 11) is 1.88. The van der Waals surface area contributed by atoms with Crippen molar-refractivity contribution in [2.24, 2.45) is 5.92 Å². The second-order valence-corrected chi connectivity index (χ2v) is 5.84. The first-order valence-electron chi connectivity index (χ1n) is 7.81. The van der Waals surface area contributed by atoms with Gasteiger partial charge in [0.05, 0.1) is 0 Å². The van der Waals surface area contributed by atoms with Crippen molar-refractivity contribution in [3.05, 3.63) is 0 Å². The number of unbranched alkanes of at least 4 members (excludes halogenated alkanes) is 1. The molecule has 21 heavy (non-hydrogen) atoms. The van der Waals surface area contributed by atoms with Crippen LogP contribution in [0.4, 0.5) is 0 Å². The fourth-order valence-corrected chi connectivity index (χ4v) is 2.71. The van der Waals surface area contributed by atoms with Gasteiger partial charge in [0.25, 0.3) is 0 Å². The van der Waals surface area contributed by atoms with Crippen LogP contribution in [0.1, 0.15) is 46.0 Å². The molecule has 1 aliphatic rings. The molecule has 0 bridgehead atoms. The molecule has 0 aliphatic carbocycles. The standard InChI is InChI=1S/C15H31N3O.2ClH/c1-13(12-16-3)15(19)17-9-5-7-11-18-10-6-4-8-14(18)2;;/h13-14,16H,4-12H2,1-3H3,(H,17,19);2*1H. The molecule has 0 radical (unpaired) electrons. The largest absolute Gasteiger partial charge is 0.356 e. The fourth-order valence-electron chi connectivity index (χ4n) is 2.71. The average molecular weight is 342 g/mol. The Kier molecular flexibility index (Phi) is 15.1. The van der Waals surface area contributed by atoms with Crippen molar-refractivity contribution >= 4 is 30.7 Å². The van der Waals surface area contributed by atoms with Crippen LogP contribution in [0.15, 0.2) is 0 Å². The summed E-state index contributed by atoms with van der Waals surface area (Å²) in [6.45, 7) is 8.30. The van der Waals surface area contributed by atoms with Gasteiger partial charge in [-0.1, -0.05) is 13.3 Å². The van der Waals surface area contributed by atoms with E-state index in [9.17, 15) is 4.79 Å². The van der Waals surface area contributed by atoms with Gasteiger partial charge in [-0.25, -0.2) is 0 Å². The van der Waals surface area contributed by atoms with E-state index in [4.69, 9.17) is 0 Å². The van der Waals surface area contributed by atoms with Crippen LogP contribution in [0.5, 0.6) is 0 Å². The summed E-state index contributed by atoms with van der Waals surface area (Å²) < 4.78 is 0. The van der Waals surface area contributed by atoms with Gasteiger partial charge in [-0.05, 0) is 52.7 Å². The lowest BCUT2D eigenvalue weighted by molar-refractivity contribution is -0.124. The zero-order valence-electron chi connectivity index (χ0n) is 13.7. The first-order valence-corrected chi connectivity index (χ1v) is 7.81. The lowest BCUT2D eigenvalue weighted by Gasteiger charge is -2.33. The minimum atomic E-state index is 0. The third-order valence-electron chi connectivity index (χ3n) is 4.07. The van der Waals surface area contributed by atoms with Crippen molar-refractivity contribution in [3.63, 3.8) is 0 Å². The van der Waals surface area contributed by atoms with E-state index in [1.54, 1.807) is 0 Å². The van der Waals surface area contributed by atoms with Gasteiger partial charge in [-0.2, -0.15) is 0 Å². The molecule has 128 valence electrons. The highest BCUT2D eigenvalue weighted by molar-refractivity contribution is 5.85. The lowest BCUT2D eigenvalue weighted by atomic mass is 10.0. The van der Waals surface area contributed by atoms with Gasteiger partial charge in [0.1, 0.15) is 0 Å². The van der Waals surface area contributed by atoms with E-state index in [2.05, 4.69) is 22.5 Å². The number of piperidine rings is 1. The maximum Gasteiger partial charge on any atom is 0.224 e. The summed E-state index contributed by atoms with van der Waals surface area (Å²) in [5.41, 5.74) is 0. The highest BCUT2D eigenvalue weighted by Crippen LogP contribution is 2.16. The van der Waals surface area contributed by atoms with Crippen molar-refractivity contribution in [3.8, 4) is 0 Å². The Morgan fingerprint density at radius 1 is 1.29 bits per heavy atom. The summed E-state index contributed by atoms with van der Waals surface area (Å²) >= 11 is 0. The number of carbonyl (C=O) groups is 1. The molecule has 1 saturated heterocycles. The van der Waals surface area contributed by atoms with E-state index in [1.165, 1.54) is 38.8 Å². The van der Waals surface area contributed by atoms with Crippen molar-refractivity contribution in [1.29, 1.82) is 0 Å². The normalized spacial score (nSPS) is 20.0. The predicted octanol–water partition coefficient (Wildman–Crippen LogP) is 2.46. The molecule has 1 heterocycles. The maximum atomic E-state index is 11.7. The zero-order valence-corrected chi connectivity index (χ0v) is 15.3. The Bertz CT molecular complexity index is 267. The summed E-state index contributed by atoms with van der Waals surface area (Å²) in [5.74, 6) is 0.229. The number of nitrogens with one attached hydrogen (secondary N) is 2. The Labute approximate surface area is 142 Å².